The van der Waals surface area contributed by atoms with Crippen LogP contribution in [0.15, 0.2) is 54.6 Å². The second-order valence-corrected chi connectivity index (χ2v) is 5.82. The molecule has 0 heterocycles. The van der Waals surface area contributed by atoms with E-state index in [9.17, 15) is 4.79 Å². The molecule has 2 aromatic carbocycles. The standard InChI is InChI=1S/C18H21ClN2O/c1-13(15-8-4-3-5-9-15)12-20-18(22)21-14(2)16-10-6-7-11-17(16)19/h3-11,13-14H,12H2,1-2H3,(H2,20,21,22). The highest BCUT2D eigenvalue weighted by Crippen LogP contribution is 2.22. The van der Waals surface area contributed by atoms with Gasteiger partial charge in [-0.3, -0.25) is 0 Å². The minimum Gasteiger partial charge on any atom is -0.338 e. The van der Waals surface area contributed by atoms with Gasteiger partial charge in [-0.2, -0.15) is 0 Å². The predicted octanol–water partition coefficient (Wildman–Crippen LogP) is 4.50. The predicted molar refractivity (Wildman–Crippen MR) is 91.3 cm³/mol. The highest BCUT2D eigenvalue weighted by Gasteiger charge is 2.13. The van der Waals surface area contributed by atoms with Crippen molar-refractivity contribution in [3.63, 3.8) is 0 Å². The van der Waals surface area contributed by atoms with Crippen molar-refractivity contribution >= 4 is 17.6 Å². The molecule has 3 nitrogen and oxygen atoms in total. The second kappa shape index (κ2) is 7.85. The number of carbonyl (C=O) groups excluding carboxylic acids is 1. The Morgan fingerprint density at radius 1 is 1.05 bits per heavy atom. The van der Waals surface area contributed by atoms with Crippen LogP contribution in [0.3, 0.4) is 0 Å². The lowest BCUT2D eigenvalue weighted by atomic mass is 10.0. The molecule has 2 unspecified atom stereocenters. The summed E-state index contributed by atoms with van der Waals surface area (Å²) >= 11 is 6.14. The molecule has 0 fully saturated rings. The number of halogens is 1. The van der Waals surface area contributed by atoms with Crippen molar-refractivity contribution in [3.05, 3.63) is 70.7 Å². The van der Waals surface area contributed by atoms with E-state index in [4.69, 9.17) is 11.6 Å². The Hall–Kier alpha value is -2.00. The van der Waals surface area contributed by atoms with E-state index >= 15 is 0 Å². The summed E-state index contributed by atoms with van der Waals surface area (Å²) in [7, 11) is 0. The summed E-state index contributed by atoms with van der Waals surface area (Å²) in [6.45, 7) is 4.60. The molecule has 0 bridgehead atoms. The first kappa shape index (κ1) is 16.4. The monoisotopic (exact) mass is 316 g/mol. The van der Waals surface area contributed by atoms with Crippen LogP contribution in [-0.4, -0.2) is 12.6 Å². The maximum Gasteiger partial charge on any atom is 0.315 e. The topological polar surface area (TPSA) is 41.1 Å². The Bertz CT molecular complexity index is 615. The van der Waals surface area contributed by atoms with Gasteiger partial charge >= 0.3 is 6.03 Å². The van der Waals surface area contributed by atoms with Gasteiger partial charge in [0.2, 0.25) is 0 Å². The molecular weight excluding hydrogens is 296 g/mol. The third-order valence-corrected chi connectivity index (χ3v) is 4.00. The van der Waals surface area contributed by atoms with E-state index in [1.165, 1.54) is 5.56 Å². The number of hydrogen-bond acceptors (Lipinski definition) is 1. The average Bonchev–Trinajstić information content (AvgIpc) is 2.53. The SMILES string of the molecule is CC(CNC(=O)NC(C)c1ccccc1Cl)c1ccccc1. The molecule has 2 atom stereocenters. The number of amides is 2. The lowest BCUT2D eigenvalue weighted by molar-refractivity contribution is 0.237. The van der Waals surface area contributed by atoms with Gasteiger partial charge in [0.1, 0.15) is 0 Å². The fourth-order valence-electron chi connectivity index (χ4n) is 2.30. The summed E-state index contributed by atoms with van der Waals surface area (Å²) in [5.74, 6) is 0.266. The second-order valence-electron chi connectivity index (χ2n) is 5.41. The fourth-order valence-corrected chi connectivity index (χ4v) is 2.60. The molecule has 0 aliphatic carbocycles. The number of hydrogen-bond donors (Lipinski definition) is 2. The van der Waals surface area contributed by atoms with E-state index in [0.29, 0.717) is 11.6 Å². The smallest absolute Gasteiger partial charge is 0.315 e. The van der Waals surface area contributed by atoms with Gasteiger partial charge in [-0.05, 0) is 30.0 Å². The van der Waals surface area contributed by atoms with Gasteiger partial charge in [-0.1, -0.05) is 67.1 Å². The van der Waals surface area contributed by atoms with Crippen LogP contribution in [-0.2, 0) is 0 Å². The third-order valence-electron chi connectivity index (χ3n) is 3.66. The molecule has 2 N–H and O–H groups in total. The molecule has 0 saturated carbocycles. The summed E-state index contributed by atoms with van der Waals surface area (Å²) in [6, 6.07) is 17.3. The van der Waals surface area contributed by atoms with Crippen LogP contribution >= 0.6 is 11.6 Å². The van der Waals surface area contributed by atoms with Crippen molar-refractivity contribution in [2.75, 3.05) is 6.54 Å². The molecule has 0 spiro atoms. The Morgan fingerprint density at radius 3 is 2.36 bits per heavy atom. The summed E-state index contributed by atoms with van der Waals surface area (Å²) in [5.41, 5.74) is 2.12. The molecular formula is C18H21ClN2O. The minimum atomic E-state index is -0.185. The molecule has 0 radical (unpaired) electrons. The summed E-state index contributed by atoms with van der Waals surface area (Å²) < 4.78 is 0. The third kappa shape index (κ3) is 4.50. The quantitative estimate of drug-likeness (QED) is 0.837. The molecule has 22 heavy (non-hydrogen) atoms. The molecule has 0 aliphatic heterocycles. The van der Waals surface area contributed by atoms with Crippen LogP contribution in [0.5, 0.6) is 0 Å². The van der Waals surface area contributed by atoms with Gasteiger partial charge in [0.05, 0.1) is 6.04 Å². The molecule has 116 valence electrons. The van der Waals surface area contributed by atoms with Gasteiger partial charge in [0.15, 0.2) is 0 Å². The molecule has 0 aromatic heterocycles. The first-order valence-corrected chi connectivity index (χ1v) is 7.79. The molecule has 2 amide bonds. The van der Waals surface area contributed by atoms with E-state index in [1.807, 2.05) is 49.4 Å². The highest BCUT2D eigenvalue weighted by atomic mass is 35.5. The van der Waals surface area contributed by atoms with Crippen LogP contribution in [0.2, 0.25) is 5.02 Å². The zero-order valence-corrected chi connectivity index (χ0v) is 13.6. The van der Waals surface area contributed by atoms with Crippen LogP contribution < -0.4 is 10.6 Å². The summed E-state index contributed by atoms with van der Waals surface area (Å²) in [6.07, 6.45) is 0. The average molecular weight is 317 g/mol. The number of benzene rings is 2. The molecule has 0 aliphatic rings. The van der Waals surface area contributed by atoms with E-state index in [-0.39, 0.29) is 18.0 Å². The Kier molecular flexibility index (Phi) is 5.84. The lowest BCUT2D eigenvalue weighted by Crippen LogP contribution is -2.38. The first-order valence-electron chi connectivity index (χ1n) is 7.41. The van der Waals surface area contributed by atoms with Crippen molar-refractivity contribution in [2.45, 2.75) is 25.8 Å². The number of rotatable bonds is 5. The Morgan fingerprint density at radius 2 is 1.68 bits per heavy atom. The van der Waals surface area contributed by atoms with Crippen LogP contribution in [0.1, 0.15) is 36.9 Å². The zero-order chi connectivity index (χ0) is 15.9. The Labute approximate surface area is 136 Å². The van der Waals surface area contributed by atoms with Gasteiger partial charge in [-0.25, -0.2) is 4.79 Å². The molecule has 2 rings (SSSR count). The maximum atomic E-state index is 12.0. The van der Waals surface area contributed by atoms with Crippen molar-refractivity contribution in [3.8, 4) is 0 Å². The molecule has 4 heteroatoms. The van der Waals surface area contributed by atoms with Crippen molar-refractivity contribution in [1.29, 1.82) is 0 Å². The maximum absolute atomic E-state index is 12.0. The van der Waals surface area contributed by atoms with E-state index in [0.717, 1.165) is 5.56 Å². The number of nitrogens with one attached hydrogen (secondary N) is 2. The number of urea groups is 1. The van der Waals surface area contributed by atoms with Gasteiger partial charge in [-0.15, -0.1) is 0 Å². The number of carbonyl (C=O) groups is 1. The van der Waals surface area contributed by atoms with E-state index in [2.05, 4.69) is 29.7 Å². The largest absolute Gasteiger partial charge is 0.338 e. The van der Waals surface area contributed by atoms with Gasteiger partial charge in [0, 0.05) is 11.6 Å². The molecule has 0 saturated heterocycles. The Balaban J connectivity index is 1.84. The lowest BCUT2D eigenvalue weighted by Gasteiger charge is -2.18. The highest BCUT2D eigenvalue weighted by molar-refractivity contribution is 6.31. The van der Waals surface area contributed by atoms with Crippen molar-refractivity contribution in [2.24, 2.45) is 0 Å². The first-order chi connectivity index (χ1) is 10.6. The summed E-state index contributed by atoms with van der Waals surface area (Å²) in [4.78, 5) is 12.0. The summed E-state index contributed by atoms with van der Waals surface area (Å²) in [5, 5.41) is 6.48. The zero-order valence-electron chi connectivity index (χ0n) is 12.8. The van der Waals surface area contributed by atoms with E-state index < -0.39 is 0 Å². The van der Waals surface area contributed by atoms with Crippen LogP contribution in [0.25, 0.3) is 0 Å². The van der Waals surface area contributed by atoms with E-state index in [1.54, 1.807) is 0 Å². The molecule has 2 aromatic rings. The fraction of sp³-hybridized carbons (Fsp3) is 0.278. The van der Waals surface area contributed by atoms with Crippen molar-refractivity contribution < 1.29 is 4.79 Å². The normalized spacial score (nSPS) is 13.2. The van der Waals surface area contributed by atoms with Gasteiger partial charge < -0.3 is 10.6 Å². The minimum absolute atomic E-state index is 0.138. The van der Waals surface area contributed by atoms with Gasteiger partial charge in [0.25, 0.3) is 0 Å². The van der Waals surface area contributed by atoms with Crippen LogP contribution in [0.4, 0.5) is 4.79 Å². The van der Waals surface area contributed by atoms with Crippen molar-refractivity contribution in [1.82, 2.24) is 10.6 Å². The van der Waals surface area contributed by atoms with Crippen LogP contribution in [0, 0.1) is 0 Å².